The van der Waals surface area contributed by atoms with Crippen LogP contribution >= 0.6 is 8.38 Å². The first-order chi connectivity index (χ1) is 24.8. The Balaban J connectivity index is 1.69. The summed E-state index contributed by atoms with van der Waals surface area (Å²) >= 11 is 0. The lowest BCUT2D eigenvalue weighted by atomic mass is 9.70. The molecule has 5 aromatic carbocycles. The van der Waals surface area contributed by atoms with Crippen molar-refractivity contribution in [1.82, 2.24) is 0 Å². The van der Waals surface area contributed by atoms with E-state index in [1.54, 1.807) is 0 Å². The van der Waals surface area contributed by atoms with E-state index >= 15 is 0 Å². The van der Waals surface area contributed by atoms with Crippen molar-refractivity contribution in [3.05, 3.63) is 170 Å². The zero-order valence-corrected chi connectivity index (χ0v) is 33.4. The highest BCUT2D eigenvalue weighted by atomic mass is 31.2. The van der Waals surface area contributed by atoms with Gasteiger partial charge in [0.1, 0.15) is 12.2 Å². The highest BCUT2D eigenvalue weighted by Crippen LogP contribution is 2.65. The van der Waals surface area contributed by atoms with E-state index in [1.807, 2.05) is 0 Å². The Hall–Kier alpha value is -3.63. The zero-order chi connectivity index (χ0) is 37.0. The van der Waals surface area contributed by atoms with E-state index in [2.05, 4.69) is 172 Å². The first kappa shape index (κ1) is 36.7. The molecule has 5 aromatic rings. The molecule has 0 radical (unpaired) electrons. The van der Waals surface area contributed by atoms with Gasteiger partial charge in [-0.15, -0.1) is 0 Å². The summed E-state index contributed by atoms with van der Waals surface area (Å²) in [7, 11) is -1.77. The first-order valence-electron chi connectivity index (χ1n) is 18.7. The van der Waals surface area contributed by atoms with Gasteiger partial charge >= 0.3 is 0 Å². The number of aryl methyl sites for hydroxylation is 8. The van der Waals surface area contributed by atoms with Crippen molar-refractivity contribution < 1.29 is 18.5 Å². The number of benzene rings is 5. The molecule has 0 unspecified atom stereocenters. The van der Waals surface area contributed by atoms with Crippen LogP contribution in [0.3, 0.4) is 0 Å². The van der Waals surface area contributed by atoms with Crippen LogP contribution in [0.25, 0.3) is 0 Å². The van der Waals surface area contributed by atoms with Gasteiger partial charge in [-0.2, -0.15) is 0 Å². The Morgan fingerprint density at radius 2 is 0.731 bits per heavy atom. The summed E-state index contributed by atoms with van der Waals surface area (Å²) in [5.41, 5.74) is 11.3. The molecule has 270 valence electrons. The van der Waals surface area contributed by atoms with Crippen molar-refractivity contribution in [2.75, 3.05) is 0 Å². The average Bonchev–Trinajstić information content (AvgIpc) is 3.43. The molecule has 0 N–H and O–H groups in total. The summed E-state index contributed by atoms with van der Waals surface area (Å²) in [5.74, 6) is -0.860. The van der Waals surface area contributed by atoms with Gasteiger partial charge in [-0.1, -0.05) is 149 Å². The van der Waals surface area contributed by atoms with Gasteiger partial charge in [0.2, 0.25) is 8.38 Å². The van der Waals surface area contributed by atoms with E-state index in [0.717, 1.165) is 27.6 Å². The lowest BCUT2D eigenvalue weighted by Crippen LogP contribution is -2.53. The van der Waals surface area contributed by atoms with E-state index < -0.39 is 37.6 Å². The second kappa shape index (κ2) is 14.0. The topological polar surface area (TPSA) is 36.9 Å². The maximum Gasteiger partial charge on any atom is 0.207 e. The third-order valence-corrected chi connectivity index (χ3v) is 12.5. The molecule has 5 heteroatoms. The van der Waals surface area contributed by atoms with Crippen molar-refractivity contribution in [2.24, 2.45) is 0 Å². The predicted molar refractivity (Wildman–Crippen MR) is 213 cm³/mol. The van der Waals surface area contributed by atoms with Gasteiger partial charge in [-0.05, 0) is 103 Å². The molecule has 52 heavy (non-hydrogen) atoms. The molecule has 2 aliphatic heterocycles. The fourth-order valence-electron chi connectivity index (χ4n) is 8.79. The summed E-state index contributed by atoms with van der Waals surface area (Å²) in [6, 6.07) is 37.6. The van der Waals surface area contributed by atoms with Crippen molar-refractivity contribution in [3.63, 3.8) is 0 Å². The van der Waals surface area contributed by atoms with Gasteiger partial charge in [-0.25, -0.2) is 0 Å². The van der Waals surface area contributed by atoms with Crippen molar-refractivity contribution >= 4 is 13.7 Å². The third-order valence-electron chi connectivity index (χ3n) is 10.9. The van der Waals surface area contributed by atoms with E-state index in [4.69, 9.17) is 18.5 Å². The average molecular weight is 713 g/mol. The second-order valence-corrected chi connectivity index (χ2v) is 16.8. The van der Waals surface area contributed by atoms with Crippen molar-refractivity contribution in [2.45, 2.75) is 111 Å². The molecule has 2 heterocycles. The number of fused-ring (bicyclic) bond motifs is 1. The first-order valence-corrected chi connectivity index (χ1v) is 19.9. The van der Waals surface area contributed by atoms with Crippen LogP contribution in [0.2, 0.25) is 0 Å². The minimum Gasteiger partial charge on any atom is -0.340 e. The zero-order valence-electron chi connectivity index (χ0n) is 32.5. The number of hydrogen-bond donors (Lipinski definition) is 0. The van der Waals surface area contributed by atoms with E-state index in [-0.39, 0.29) is 0 Å². The maximum atomic E-state index is 7.93. The quantitative estimate of drug-likeness (QED) is 0.157. The normalized spacial score (nSPS) is 20.7. The molecular formula is C47H53O4P. The second-order valence-electron chi connectivity index (χ2n) is 15.4. The Bertz CT molecular complexity index is 1790. The smallest absolute Gasteiger partial charge is 0.207 e. The Morgan fingerprint density at radius 3 is 1.00 bits per heavy atom. The van der Waals surface area contributed by atoms with Crippen molar-refractivity contribution in [3.8, 4) is 0 Å². The van der Waals surface area contributed by atoms with Crippen LogP contribution in [0.1, 0.15) is 93.5 Å². The molecule has 0 aliphatic carbocycles. The van der Waals surface area contributed by atoms with E-state index in [0.29, 0.717) is 12.8 Å². The summed E-state index contributed by atoms with van der Waals surface area (Å²) in [5, 5.41) is 0.992. The molecule has 0 aromatic heterocycles. The van der Waals surface area contributed by atoms with Gasteiger partial charge in [0, 0.05) is 5.30 Å². The van der Waals surface area contributed by atoms with Gasteiger partial charge in [0.05, 0.1) is 0 Å². The van der Waals surface area contributed by atoms with Crippen LogP contribution in [0.4, 0.5) is 0 Å². The fourth-order valence-corrected chi connectivity index (χ4v) is 10.6. The maximum absolute atomic E-state index is 7.93. The fraction of sp³-hybridized carbons (Fsp3) is 0.362. The lowest BCUT2D eigenvalue weighted by Gasteiger charge is -2.42. The van der Waals surface area contributed by atoms with Gasteiger partial charge < -0.3 is 18.5 Å². The molecule has 4 nitrogen and oxygen atoms in total. The third kappa shape index (κ3) is 6.37. The van der Waals surface area contributed by atoms with E-state index in [9.17, 15) is 0 Å². The number of rotatable bonds is 7. The van der Waals surface area contributed by atoms with Crippen LogP contribution in [-0.4, -0.2) is 18.0 Å². The van der Waals surface area contributed by atoms with Gasteiger partial charge in [0.15, 0.2) is 17.0 Å². The molecule has 2 saturated heterocycles. The largest absolute Gasteiger partial charge is 0.340 e. The number of hydrogen-bond acceptors (Lipinski definition) is 4. The van der Waals surface area contributed by atoms with Crippen LogP contribution in [0.5, 0.6) is 0 Å². The van der Waals surface area contributed by atoms with Crippen LogP contribution < -0.4 is 5.30 Å². The molecule has 7 rings (SSSR count). The molecule has 0 bridgehead atoms. The van der Waals surface area contributed by atoms with Gasteiger partial charge in [-0.3, -0.25) is 0 Å². The van der Waals surface area contributed by atoms with Crippen LogP contribution in [-0.2, 0) is 29.7 Å². The minimum atomic E-state index is -1.77. The summed E-state index contributed by atoms with van der Waals surface area (Å²) < 4.78 is 31.1. The lowest BCUT2D eigenvalue weighted by molar-refractivity contribution is -0.201. The molecular weight excluding hydrogens is 659 g/mol. The minimum absolute atomic E-state index is 0.604. The predicted octanol–water partition coefficient (Wildman–Crippen LogP) is 11.3. The highest BCUT2D eigenvalue weighted by molar-refractivity contribution is 7.56. The summed E-state index contributed by atoms with van der Waals surface area (Å²) in [6.45, 7) is 21.7. The SMILES string of the molecule is CCC1(CC)O[C@@H]2[C@@H](O1)C(c1cc(C)cc(C)c1)(c1cc(C)cc(C)c1)OP(c1ccccc1)OC2(c1cc(C)cc(C)c1)c1cc(C)cc(C)c1. The molecule has 0 amide bonds. The Morgan fingerprint density at radius 1 is 0.442 bits per heavy atom. The highest BCUT2D eigenvalue weighted by Gasteiger charge is 2.68. The summed E-state index contributed by atoms with van der Waals surface area (Å²) in [4.78, 5) is 0. The standard InChI is InChI=1S/C47H53O4P/c1-11-45(12-2)48-43-44(49-45)47(40-26-34(7)20-35(8)27-40,41-28-36(9)21-37(10)29-41)51-52(42-16-14-13-15-17-42)50-46(43,38-22-30(3)18-31(4)23-38)39-24-32(5)19-33(6)25-39/h13-29,43-44H,11-12H2,1-10H3/t43-,44-/m1/s1. The molecule has 2 atom stereocenters. The van der Waals surface area contributed by atoms with Crippen LogP contribution in [0, 0.1) is 55.4 Å². The molecule has 0 spiro atoms. The van der Waals surface area contributed by atoms with Crippen molar-refractivity contribution in [1.29, 1.82) is 0 Å². The summed E-state index contributed by atoms with van der Waals surface area (Å²) in [6.07, 6.45) is 0.144. The Kier molecular flexibility index (Phi) is 9.87. The van der Waals surface area contributed by atoms with Crippen LogP contribution in [0.15, 0.2) is 103 Å². The Labute approximate surface area is 312 Å². The van der Waals surface area contributed by atoms with Gasteiger partial charge in [0.25, 0.3) is 0 Å². The monoisotopic (exact) mass is 712 g/mol. The molecule has 2 fully saturated rings. The number of ether oxygens (including phenoxy) is 2. The molecule has 2 aliphatic rings. The molecule has 0 saturated carbocycles. The van der Waals surface area contributed by atoms with E-state index in [1.165, 1.54) is 44.5 Å².